The lowest BCUT2D eigenvalue weighted by atomic mass is 10.2. The highest BCUT2D eigenvalue weighted by Crippen LogP contribution is 2.23. The van der Waals surface area contributed by atoms with Crippen LogP contribution in [0.15, 0.2) is 29.3 Å². The molecule has 0 saturated heterocycles. The molecule has 0 bridgehead atoms. The summed E-state index contributed by atoms with van der Waals surface area (Å²) in [6.07, 6.45) is 2.49. The van der Waals surface area contributed by atoms with Gasteiger partial charge in [0.05, 0.1) is 13.7 Å². The van der Waals surface area contributed by atoms with Crippen molar-refractivity contribution in [3.05, 3.63) is 29.8 Å². The Kier molecular flexibility index (Phi) is 4.93. The fourth-order valence-corrected chi connectivity index (χ4v) is 3.03. The van der Waals surface area contributed by atoms with Crippen molar-refractivity contribution in [2.24, 2.45) is 4.99 Å². The summed E-state index contributed by atoms with van der Waals surface area (Å²) in [4.78, 5) is 4.53. The van der Waals surface area contributed by atoms with E-state index in [0.717, 1.165) is 24.0 Å². The van der Waals surface area contributed by atoms with Crippen LogP contribution in [0.4, 0.5) is 0 Å². The van der Waals surface area contributed by atoms with Crippen LogP contribution in [-0.4, -0.2) is 24.1 Å². The van der Waals surface area contributed by atoms with E-state index >= 15 is 0 Å². The molecule has 1 aromatic rings. The highest BCUT2D eigenvalue weighted by Gasteiger charge is 2.17. The summed E-state index contributed by atoms with van der Waals surface area (Å²) in [5.41, 5.74) is 1.25. The first-order valence-corrected chi connectivity index (χ1v) is 7.27. The maximum absolute atomic E-state index is 5.14. The van der Waals surface area contributed by atoms with E-state index in [-0.39, 0.29) is 0 Å². The number of amidine groups is 1. The van der Waals surface area contributed by atoms with Gasteiger partial charge in [-0.05, 0) is 24.1 Å². The summed E-state index contributed by atoms with van der Waals surface area (Å²) in [6, 6.07) is 8.13. The van der Waals surface area contributed by atoms with Crippen molar-refractivity contribution in [1.29, 1.82) is 0 Å². The number of thioether (sulfide) groups is 1. The van der Waals surface area contributed by atoms with Gasteiger partial charge in [0, 0.05) is 11.8 Å². The number of ether oxygens (including phenoxy) is 1. The molecule has 98 valence electrons. The number of rotatable bonds is 5. The van der Waals surface area contributed by atoms with Gasteiger partial charge in [-0.3, -0.25) is 4.99 Å². The Bertz CT molecular complexity index is 403. The molecular weight excluding hydrogens is 244 g/mol. The highest BCUT2D eigenvalue weighted by molar-refractivity contribution is 8.14. The van der Waals surface area contributed by atoms with Crippen molar-refractivity contribution in [2.45, 2.75) is 31.6 Å². The Labute approximate surface area is 113 Å². The van der Waals surface area contributed by atoms with Gasteiger partial charge in [0.15, 0.2) is 5.17 Å². The molecule has 1 aromatic carbocycles. The molecule has 0 saturated carbocycles. The smallest absolute Gasteiger partial charge is 0.157 e. The molecule has 0 aliphatic carbocycles. The van der Waals surface area contributed by atoms with Crippen LogP contribution in [0.25, 0.3) is 0 Å². The Hall–Kier alpha value is -1.16. The van der Waals surface area contributed by atoms with Gasteiger partial charge in [-0.25, -0.2) is 0 Å². The second-order valence-corrected chi connectivity index (χ2v) is 5.67. The van der Waals surface area contributed by atoms with Crippen molar-refractivity contribution in [2.75, 3.05) is 13.7 Å². The first-order valence-electron chi connectivity index (χ1n) is 6.39. The van der Waals surface area contributed by atoms with Crippen LogP contribution >= 0.6 is 11.8 Å². The molecule has 0 amide bonds. The minimum Gasteiger partial charge on any atom is -0.497 e. The van der Waals surface area contributed by atoms with E-state index in [9.17, 15) is 0 Å². The van der Waals surface area contributed by atoms with E-state index in [1.165, 1.54) is 18.4 Å². The molecule has 1 aliphatic heterocycles. The lowest BCUT2D eigenvalue weighted by Crippen LogP contribution is -2.18. The molecule has 1 N–H and O–H groups in total. The van der Waals surface area contributed by atoms with Crippen LogP contribution in [0.1, 0.15) is 25.3 Å². The summed E-state index contributed by atoms with van der Waals surface area (Å²) in [5.74, 6) is 0.898. The van der Waals surface area contributed by atoms with Crippen LogP contribution in [0.3, 0.4) is 0 Å². The molecule has 2 rings (SSSR count). The maximum Gasteiger partial charge on any atom is 0.157 e. The van der Waals surface area contributed by atoms with Crippen molar-refractivity contribution >= 4 is 16.9 Å². The van der Waals surface area contributed by atoms with Crippen molar-refractivity contribution in [3.8, 4) is 5.75 Å². The predicted molar refractivity (Wildman–Crippen MR) is 78.4 cm³/mol. The summed E-state index contributed by atoms with van der Waals surface area (Å²) in [7, 11) is 1.69. The van der Waals surface area contributed by atoms with Gasteiger partial charge >= 0.3 is 0 Å². The largest absolute Gasteiger partial charge is 0.497 e. The van der Waals surface area contributed by atoms with Crippen LogP contribution in [0.2, 0.25) is 0 Å². The van der Waals surface area contributed by atoms with Crippen molar-refractivity contribution in [3.63, 3.8) is 0 Å². The zero-order valence-electron chi connectivity index (χ0n) is 11.0. The fraction of sp³-hybridized carbons (Fsp3) is 0.500. The van der Waals surface area contributed by atoms with E-state index in [1.54, 1.807) is 7.11 Å². The molecule has 1 aliphatic rings. The molecule has 0 radical (unpaired) electrons. The average Bonchev–Trinajstić information content (AvgIpc) is 2.85. The van der Waals surface area contributed by atoms with E-state index in [2.05, 4.69) is 29.4 Å². The average molecular weight is 264 g/mol. The van der Waals surface area contributed by atoms with Gasteiger partial charge in [-0.2, -0.15) is 0 Å². The predicted octanol–water partition coefficient (Wildman–Crippen LogP) is 3.06. The van der Waals surface area contributed by atoms with Gasteiger partial charge in [0.2, 0.25) is 0 Å². The number of benzene rings is 1. The molecule has 1 unspecified atom stereocenters. The maximum atomic E-state index is 5.14. The number of nitrogens with one attached hydrogen (secondary N) is 1. The van der Waals surface area contributed by atoms with Gasteiger partial charge in [0.1, 0.15) is 5.75 Å². The first kappa shape index (κ1) is 13.3. The monoisotopic (exact) mass is 264 g/mol. The summed E-state index contributed by atoms with van der Waals surface area (Å²) < 4.78 is 5.14. The fourth-order valence-electron chi connectivity index (χ4n) is 1.91. The summed E-state index contributed by atoms with van der Waals surface area (Å²) >= 11 is 1.88. The normalized spacial score (nSPS) is 18.6. The number of hydrogen-bond donors (Lipinski definition) is 1. The minimum absolute atomic E-state index is 0.674. The molecule has 1 atom stereocenters. The third-order valence-corrected chi connectivity index (χ3v) is 4.15. The Morgan fingerprint density at radius 1 is 1.39 bits per heavy atom. The van der Waals surface area contributed by atoms with E-state index < -0.39 is 0 Å². The van der Waals surface area contributed by atoms with Gasteiger partial charge < -0.3 is 10.1 Å². The first-order chi connectivity index (χ1) is 8.81. The van der Waals surface area contributed by atoms with E-state index in [0.29, 0.717) is 5.25 Å². The third kappa shape index (κ3) is 3.67. The summed E-state index contributed by atoms with van der Waals surface area (Å²) in [5, 5.41) is 5.16. The van der Waals surface area contributed by atoms with Crippen LogP contribution in [-0.2, 0) is 6.54 Å². The van der Waals surface area contributed by atoms with Gasteiger partial charge in [-0.15, -0.1) is 0 Å². The Morgan fingerprint density at radius 2 is 2.17 bits per heavy atom. The second-order valence-electron chi connectivity index (χ2n) is 4.38. The van der Waals surface area contributed by atoms with Gasteiger partial charge in [-0.1, -0.05) is 37.2 Å². The standard InChI is InChI=1S/C14H20N2OS/c1-3-4-13-10-16-14(18-13)15-9-11-5-7-12(17-2)8-6-11/h5-8,13H,3-4,9-10H2,1-2H3,(H,15,16). The topological polar surface area (TPSA) is 33.6 Å². The molecule has 4 heteroatoms. The molecular formula is C14H20N2OS. The summed E-state index contributed by atoms with van der Waals surface area (Å²) in [6.45, 7) is 4.02. The van der Waals surface area contributed by atoms with E-state index in [1.807, 2.05) is 23.9 Å². The van der Waals surface area contributed by atoms with Crippen LogP contribution in [0.5, 0.6) is 5.75 Å². The Morgan fingerprint density at radius 3 is 2.83 bits per heavy atom. The molecule has 1 heterocycles. The highest BCUT2D eigenvalue weighted by atomic mass is 32.2. The molecule has 0 fully saturated rings. The molecule has 18 heavy (non-hydrogen) atoms. The third-order valence-electron chi connectivity index (χ3n) is 2.93. The minimum atomic E-state index is 0.674. The SMILES string of the molecule is CCCC1CN=C(NCc2ccc(OC)cc2)S1. The molecule has 3 nitrogen and oxygen atoms in total. The number of nitrogens with zero attached hydrogens (tertiary/aromatic N) is 1. The zero-order valence-corrected chi connectivity index (χ0v) is 11.8. The Balaban J connectivity index is 1.78. The van der Waals surface area contributed by atoms with Crippen molar-refractivity contribution < 1.29 is 4.74 Å². The lowest BCUT2D eigenvalue weighted by molar-refractivity contribution is 0.414. The molecule has 0 aromatic heterocycles. The number of hydrogen-bond acceptors (Lipinski definition) is 4. The molecule has 0 spiro atoms. The zero-order chi connectivity index (χ0) is 12.8. The number of aliphatic imine (C=N–C) groups is 1. The van der Waals surface area contributed by atoms with Gasteiger partial charge in [0.25, 0.3) is 0 Å². The van der Waals surface area contributed by atoms with E-state index in [4.69, 9.17) is 4.74 Å². The van der Waals surface area contributed by atoms with Crippen molar-refractivity contribution in [1.82, 2.24) is 5.32 Å². The second kappa shape index (κ2) is 6.69. The number of methoxy groups -OCH3 is 1. The van der Waals surface area contributed by atoms with Crippen LogP contribution < -0.4 is 10.1 Å². The van der Waals surface area contributed by atoms with Crippen LogP contribution in [0, 0.1) is 0 Å². The quantitative estimate of drug-likeness (QED) is 0.887. The lowest BCUT2D eigenvalue weighted by Gasteiger charge is -2.08.